The highest BCUT2D eigenvalue weighted by Gasteiger charge is 2.21. The van der Waals surface area contributed by atoms with Crippen molar-refractivity contribution in [2.75, 3.05) is 0 Å². The first-order chi connectivity index (χ1) is 13.5. The van der Waals surface area contributed by atoms with Crippen molar-refractivity contribution in [2.45, 2.75) is 26.0 Å². The number of halogens is 1. The van der Waals surface area contributed by atoms with Crippen LogP contribution in [0.1, 0.15) is 39.8 Å². The minimum absolute atomic E-state index is 0.0101. The van der Waals surface area contributed by atoms with E-state index in [9.17, 15) is 9.59 Å². The number of hydrogen-bond acceptors (Lipinski definition) is 5. The molecule has 0 saturated carbocycles. The number of amides is 1. The molecule has 28 heavy (non-hydrogen) atoms. The van der Waals surface area contributed by atoms with Gasteiger partial charge in [0.25, 0.3) is 5.91 Å². The molecule has 1 heterocycles. The van der Waals surface area contributed by atoms with Crippen LogP contribution in [0.5, 0.6) is 0 Å². The van der Waals surface area contributed by atoms with Crippen molar-refractivity contribution in [2.24, 2.45) is 0 Å². The molecule has 0 aliphatic carbocycles. The van der Waals surface area contributed by atoms with E-state index in [0.29, 0.717) is 22.0 Å². The maximum Gasteiger partial charge on any atom is 0.308 e. The second-order valence-corrected chi connectivity index (χ2v) is 6.62. The molecular formula is C21H19ClN2O4. The fourth-order valence-electron chi connectivity index (χ4n) is 2.68. The number of rotatable bonds is 7. The van der Waals surface area contributed by atoms with Crippen molar-refractivity contribution in [1.29, 1.82) is 0 Å². The average molecular weight is 399 g/mol. The van der Waals surface area contributed by atoms with Gasteiger partial charge in [-0.3, -0.25) is 9.59 Å². The highest BCUT2D eigenvalue weighted by molar-refractivity contribution is 6.33. The quantitative estimate of drug-likeness (QED) is 0.602. The molecule has 1 unspecified atom stereocenters. The molecule has 1 N–H and O–H groups in total. The zero-order valence-electron chi connectivity index (χ0n) is 15.2. The lowest BCUT2D eigenvalue weighted by Gasteiger charge is -2.19. The molecule has 1 amide bonds. The Hall–Kier alpha value is -3.12. The topological polar surface area (TPSA) is 81.4 Å². The van der Waals surface area contributed by atoms with E-state index in [4.69, 9.17) is 20.9 Å². The first-order valence-electron chi connectivity index (χ1n) is 8.71. The summed E-state index contributed by atoms with van der Waals surface area (Å²) in [5.74, 6) is -0.187. The first-order valence-corrected chi connectivity index (χ1v) is 9.09. The van der Waals surface area contributed by atoms with Gasteiger partial charge in [0.2, 0.25) is 0 Å². The number of carbonyl (C=O) groups is 2. The molecule has 2 aromatic carbocycles. The summed E-state index contributed by atoms with van der Waals surface area (Å²) in [5.41, 5.74) is 1.66. The van der Waals surface area contributed by atoms with Crippen molar-refractivity contribution in [3.05, 3.63) is 88.3 Å². The molecule has 3 aromatic rings. The highest BCUT2D eigenvalue weighted by atomic mass is 35.5. The number of nitrogens with one attached hydrogen (secondary N) is 1. The van der Waals surface area contributed by atoms with Gasteiger partial charge in [-0.2, -0.15) is 0 Å². The number of hydrogen-bond donors (Lipinski definition) is 1. The molecule has 1 atom stereocenters. The van der Waals surface area contributed by atoms with E-state index in [-0.39, 0.29) is 18.9 Å². The van der Waals surface area contributed by atoms with E-state index in [2.05, 4.69) is 10.5 Å². The second kappa shape index (κ2) is 9.19. The monoisotopic (exact) mass is 398 g/mol. The predicted molar refractivity (Wildman–Crippen MR) is 104 cm³/mol. The third-order valence-corrected chi connectivity index (χ3v) is 4.38. The minimum Gasteiger partial charge on any atom is -0.459 e. The largest absolute Gasteiger partial charge is 0.459 e. The molecule has 7 heteroatoms. The van der Waals surface area contributed by atoms with Gasteiger partial charge >= 0.3 is 5.97 Å². The molecule has 0 saturated heterocycles. The van der Waals surface area contributed by atoms with Gasteiger partial charge in [0.1, 0.15) is 18.1 Å². The Kier molecular flexibility index (Phi) is 6.45. The Balaban J connectivity index is 1.69. The van der Waals surface area contributed by atoms with Gasteiger partial charge in [-0.15, -0.1) is 0 Å². The molecule has 0 aliphatic rings. The Morgan fingerprint density at radius 2 is 1.86 bits per heavy atom. The number of aryl methyl sites for hydroxylation is 1. The average Bonchev–Trinajstić information content (AvgIpc) is 3.12. The van der Waals surface area contributed by atoms with Crippen LogP contribution in [0.2, 0.25) is 5.02 Å². The molecule has 0 aliphatic heterocycles. The maximum atomic E-state index is 12.6. The Morgan fingerprint density at radius 3 is 2.54 bits per heavy atom. The highest BCUT2D eigenvalue weighted by Crippen LogP contribution is 2.21. The summed E-state index contributed by atoms with van der Waals surface area (Å²) in [6.45, 7) is 1.77. The van der Waals surface area contributed by atoms with Gasteiger partial charge in [0, 0.05) is 6.07 Å². The molecular weight excluding hydrogens is 380 g/mol. The second-order valence-electron chi connectivity index (χ2n) is 6.21. The van der Waals surface area contributed by atoms with E-state index < -0.39 is 12.0 Å². The molecule has 0 radical (unpaired) electrons. The van der Waals surface area contributed by atoms with Crippen LogP contribution in [-0.4, -0.2) is 17.0 Å². The third-order valence-electron chi connectivity index (χ3n) is 4.05. The number of aromatic nitrogens is 1. The van der Waals surface area contributed by atoms with Gasteiger partial charge in [0.15, 0.2) is 0 Å². The molecule has 144 valence electrons. The van der Waals surface area contributed by atoms with E-state index >= 15 is 0 Å². The van der Waals surface area contributed by atoms with Crippen molar-refractivity contribution in [1.82, 2.24) is 10.5 Å². The normalized spacial score (nSPS) is 11.6. The van der Waals surface area contributed by atoms with Crippen LogP contribution in [0, 0.1) is 6.92 Å². The third kappa shape index (κ3) is 5.20. The number of esters is 1. The van der Waals surface area contributed by atoms with Gasteiger partial charge in [-0.05, 0) is 24.6 Å². The number of benzene rings is 2. The summed E-state index contributed by atoms with van der Waals surface area (Å²) in [4.78, 5) is 25.0. The summed E-state index contributed by atoms with van der Waals surface area (Å²) >= 11 is 6.11. The first kappa shape index (κ1) is 19.6. The lowest BCUT2D eigenvalue weighted by atomic mass is 10.0. The van der Waals surface area contributed by atoms with E-state index in [1.165, 1.54) is 0 Å². The maximum absolute atomic E-state index is 12.6. The van der Waals surface area contributed by atoms with Gasteiger partial charge in [-0.25, -0.2) is 0 Å². The van der Waals surface area contributed by atoms with Crippen LogP contribution in [0.4, 0.5) is 0 Å². The van der Waals surface area contributed by atoms with Crippen LogP contribution in [-0.2, 0) is 16.1 Å². The molecule has 0 bridgehead atoms. The standard InChI is InChI=1S/C21H19ClN2O4/c1-14-11-16(24-28-14)13-27-20(25)12-19(15-7-3-2-4-8-15)23-21(26)17-9-5-6-10-18(17)22/h2-11,19H,12-13H2,1H3,(H,23,26). The molecule has 1 aromatic heterocycles. The smallest absolute Gasteiger partial charge is 0.308 e. The van der Waals surface area contributed by atoms with E-state index in [1.54, 1.807) is 37.3 Å². The number of ether oxygens (including phenoxy) is 1. The fourth-order valence-corrected chi connectivity index (χ4v) is 2.91. The van der Waals surface area contributed by atoms with Gasteiger partial charge in [0.05, 0.1) is 23.0 Å². The van der Waals surface area contributed by atoms with Crippen LogP contribution >= 0.6 is 11.6 Å². The summed E-state index contributed by atoms with van der Waals surface area (Å²) < 4.78 is 10.2. The lowest BCUT2D eigenvalue weighted by molar-refractivity contribution is -0.145. The zero-order chi connectivity index (χ0) is 19.9. The Bertz CT molecular complexity index is 956. The SMILES string of the molecule is Cc1cc(COC(=O)CC(NC(=O)c2ccccc2Cl)c2ccccc2)no1. The van der Waals surface area contributed by atoms with Crippen LogP contribution in [0.25, 0.3) is 0 Å². The number of carbonyl (C=O) groups excluding carboxylic acids is 2. The van der Waals surface area contributed by atoms with Crippen LogP contribution in [0.3, 0.4) is 0 Å². The zero-order valence-corrected chi connectivity index (χ0v) is 16.0. The van der Waals surface area contributed by atoms with Crippen molar-refractivity contribution in [3.63, 3.8) is 0 Å². The van der Waals surface area contributed by atoms with E-state index in [1.807, 2.05) is 30.3 Å². The molecule has 6 nitrogen and oxygen atoms in total. The lowest BCUT2D eigenvalue weighted by Crippen LogP contribution is -2.30. The Labute approximate surface area is 167 Å². The predicted octanol–water partition coefficient (Wildman–Crippen LogP) is 4.24. The van der Waals surface area contributed by atoms with Gasteiger partial charge in [-0.1, -0.05) is 59.2 Å². The number of nitrogens with zero attached hydrogens (tertiary/aromatic N) is 1. The van der Waals surface area contributed by atoms with Crippen LogP contribution < -0.4 is 5.32 Å². The summed E-state index contributed by atoms with van der Waals surface area (Å²) in [7, 11) is 0. The summed E-state index contributed by atoms with van der Waals surface area (Å²) in [6.07, 6.45) is -0.0307. The molecule has 0 fully saturated rings. The summed E-state index contributed by atoms with van der Waals surface area (Å²) in [6, 6.07) is 17.1. The Morgan fingerprint density at radius 1 is 1.14 bits per heavy atom. The molecule has 3 rings (SSSR count). The van der Waals surface area contributed by atoms with Crippen molar-refractivity contribution >= 4 is 23.5 Å². The van der Waals surface area contributed by atoms with E-state index in [0.717, 1.165) is 5.56 Å². The van der Waals surface area contributed by atoms with Crippen molar-refractivity contribution in [3.8, 4) is 0 Å². The van der Waals surface area contributed by atoms with Crippen molar-refractivity contribution < 1.29 is 18.8 Å². The molecule has 0 spiro atoms. The van der Waals surface area contributed by atoms with Gasteiger partial charge < -0.3 is 14.6 Å². The van der Waals surface area contributed by atoms with Crippen LogP contribution in [0.15, 0.2) is 65.2 Å². The summed E-state index contributed by atoms with van der Waals surface area (Å²) in [5, 5.41) is 6.99. The minimum atomic E-state index is -0.559. The fraction of sp³-hybridized carbons (Fsp3) is 0.190.